The monoisotopic (exact) mass is 275 g/mol. The van der Waals surface area contributed by atoms with Crippen molar-refractivity contribution in [1.82, 2.24) is 4.98 Å². The number of pyridine rings is 1. The van der Waals surface area contributed by atoms with E-state index in [1.54, 1.807) is 11.3 Å². The average Bonchev–Trinajstić information content (AvgIpc) is 2.88. The van der Waals surface area contributed by atoms with Gasteiger partial charge in [0.2, 0.25) is 0 Å². The Morgan fingerprint density at radius 2 is 2.05 bits per heavy atom. The van der Waals surface area contributed by atoms with Gasteiger partial charge in [0.25, 0.3) is 0 Å². The zero-order chi connectivity index (χ0) is 13.8. The molecule has 2 N–H and O–H groups in total. The molecule has 0 saturated carbocycles. The van der Waals surface area contributed by atoms with Crippen LogP contribution >= 0.6 is 11.3 Å². The minimum atomic E-state index is -0.00622. The highest BCUT2D eigenvalue weighted by molar-refractivity contribution is 7.09. The molecule has 102 valence electrons. The van der Waals surface area contributed by atoms with Crippen molar-refractivity contribution in [1.29, 1.82) is 0 Å². The fourth-order valence-electron chi connectivity index (χ4n) is 2.08. The number of nitrogens with zero attached hydrogens (tertiary/aromatic N) is 2. The first-order valence-electron chi connectivity index (χ1n) is 6.59. The van der Waals surface area contributed by atoms with Crippen LogP contribution in [-0.2, 0) is 6.54 Å². The van der Waals surface area contributed by atoms with Crippen molar-refractivity contribution in [3.8, 4) is 0 Å². The first kappa shape index (κ1) is 14.0. The molecule has 4 heteroatoms. The van der Waals surface area contributed by atoms with Crippen molar-refractivity contribution in [3.63, 3.8) is 0 Å². The van der Waals surface area contributed by atoms with E-state index in [4.69, 9.17) is 5.73 Å². The summed E-state index contributed by atoms with van der Waals surface area (Å²) in [6, 6.07) is 8.64. The van der Waals surface area contributed by atoms with Crippen LogP contribution in [0, 0.1) is 0 Å². The number of anilines is 1. The number of thiophene rings is 1. The molecule has 2 aromatic heterocycles. The third-order valence-electron chi connectivity index (χ3n) is 3.11. The van der Waals surface area contributed by atoms with Crippen molar-refractivity contribution in [2.45, 2.75) is 39.4 Å². The van der Waals surface area contributed by atoms with Crippen LogP contribution in [0.1, 0.15) is 37.3 Å². The van der Waals surface area contributed by atoms with Crippen molar-refractivity contribution in [2.24, 2.45) is 5.73 Å². The van der Waals surface area contributed by atoms with Gasteiger partial charge in [0.05, 0.1) is 6.54 Å². The van der Waals surface area contributed by atoms with Crippen molar-refractivity contribution < 1.29 is 0 Å². The predicted molar refractivity (Wildman–Crippen MR) is 82.5 cm³/mol. The summed E-state index contributed by atoms with van der Waals surface area (Å²) in [4.78, 5) is 8.21. The van der Waals surface area contributed by atoms with Crippen molar-refractivity contribution >= 4 is 17.2 Å². The van der Waals surface area contributed by atoms with Gasteiger partial charge in [-0.15, -0.1) is 11.3 Å². The molecule has 0 aromatic carbocycles. The molecule has 0 saturated heterocycles. The highest BCUT2D eigenvalue weighted by Crippen LogP contribution is 2.26. The maximum Gasteiger partial charge on any atom is 0.133 e. The summed E-state index contributed by atoms with van der Waals surface area (Å²) in [5.74, 6) is 1.00. The van der Waals surface area contributed by atoms with Crippen LogP contribution in [0.2, 0.25) is 0 Å². The molecule has 0 aliphatic carbocycles. The molecular formula is C15H21N3S. The summed E-state index contributed by atoms with van der Waals surface area (Å²) in [5, 5.41) is 2.11. The fourth-order valence-corrected chi connectivity index (χ4v) is 2.78. The molecule has 0 amide bonds. The van der Waals surface area contributed by atoms with Crippen LogP contribution in [0.25, 0.3) is 0 Å². The maximum atomic E-state index is 6.06. The van der Waals surface area contributed by atoms with Crippen LogP contribution in [0.5, 0.6) is 0 Å². The Kier molecular flexibility index (Phi) is 4.56. The van der Waals surface area contributed by atoms with E-state index >= 15 is 0 Å². The van der Waals surface area contributed by atoms with Gasteiger partial charge in [-0.1, -0.05) is 12.1 Å². The zero-order valence-corrected chi connectivity index (χ0v) is 12.5. The van der Waals surface area contributed by atoms with Gasteiger partial charge in [0.15, 0.2) is 0 Å². The maximum absolute atomic E-state index is 6.06. The molecule has 2 rings (SSSR count). The third kappa shape index (κ3) is 3.33. The van der Waals surface area contributed by atoms with Gasteiger partial charge < -0.3 is 10.6 Å². The van der Waals surface area contributed by atoms with E-state index in [2.05, 4.69) is 47.3 Å². The topological polar surface area (TPSA) is 42.2 Å². The lowest BCUT2D eigenvalue weighted by Crippen LogP contribution is -2.32. The van der Waals surface area contributed by atoms with E-state index in [-0.39, 0.29) is 6.04 Å². The Hall–Kier alpha value is -1.39. The minimum Gasteiger partial charge on any atom is -0.349 e. The highest BCUT2D eigenvalue weighted by Gasteiger charge is 2.18. The fraction of sp³-hybridized carbons (Fsp3) is 0.400. The lowest BCUT2D eigenvalue weighted by Gasteiger charge is -2.30. The Balaban J connectivity index is 2.34. The van der Waals surface area contributed by atoms with Crippen LogP contribution in [0.15, 0.2) is 35.8 Å². The second-order valence-electron chi connectivity index (χ2n) is 5.01. The molecule has 0 fully saturated rings. The Morgan fingerprint density at radius 3 is 2.63 bits per heavy atom. The molecule has 0 spiro atoms. The molecule has 0 aliphatic heterocycles. The predicted octanol–water partition coefficient (Wildman–Crippen LogP) is 3.58. The summed E-state index contributed by atoms with van der Waals surface area (Å²) < 4.78 is 0. The summed E-state index contributed by atoms with van der Waals surface area (Å²) >= 11 is 1.78. The Morgan fingerprint density at radius 1 is 1.26 bits per heavy atom. The number of aromatic nitrogens is 1. The van der Waals surface area contributed by atoms with Crippen LogP contribution in [0.4, 0.5) is 5.82 Å². The lowest BCUT2D eigenvalue weighted by atomic mass is 10.1. The van der Waals surface area contributed by atoms with Crippen LogP contribution < -0.4 is 10.6 Å². The molecule has 0 bridgehead atoms. The van der Waals surface area contributed by atoms with Crippen LogP contribution in [-0.4, -0.2) is 11.0 Å². The van der Waals surface area contributed by atoms with Gasteiger partial charge in [0, 0.05) is 28.7 Å². The molecule has 2 heterocycles. The molecule has 19 heavy (non-hydrogen) atoms. The van der Waals surface area contributed by atoms with Gasteiger partial charge in [-0.25, -0.2) is 4.98 Å². The number of nitrogens with two attached hydrogens (primary N) is 1. The average molecular weight is 275 g/mol. The molecular weight excluding hydrogens is 254 g/mol. The molecule has 0 radical (unpaired) electrons. The van der Waals surface area contributed by atoms with Crippen molar-refractivity contribution in [2.75, 3.05) is 4.90 Å². The number of rotatable bonds is 5. The van der Waals surface area contributed by atoms with Gasteiger partial charge in [-0.05, 0) is 38.3 Å². The smallest absolute Gasteiger partial charge is 0.133 e. The summed E-state index contributed by atoms with van der Waals surface area (Å²) in [6.45, 7) is 7.26. The normalized spacial score (nSPS) is 12.7. The van der Waals surface area contributed by atoms with E-state index in [0.29, 0.717) is 6.04 Å². The summed E-state index contributed by atoms with van der Waals surface area (Å²) in [7, 11) is 0. The van der Waals surface area contributed by atoms with Crippen LogP contribution in [0.3, 0.4) is 0 Å². The number of hydrogen-bond acceptors (Lipinski definition) is 4. The quantitative estimate of drug-likeness (QED) is 0.907. The molecule has 0 aliphatic rings. The summed E-state index contributed by atoms with van der Waals surface area (Å²) in [5.41, 5.74) is 7.17. The molecule has 2 aromatic rings. The van der Waals surface area contributed by atoms with Gasteiger partial charge in [-0.2, -0.15) is 0 Å². The Labute approximate surface area is 119 Å². The largest absolute Gasteiger partial charge is 0.349 e. The first-order valence-corrected chi connectivity index (χ1v) is 7.47. The number of hydrogen-bond donors (Lipinski definition) is 1. The molecule has 3 nitrogen and oxygen atoms in total. The minimum absolute atomic E-state index is 0.00622. The van der Waals surface area contributed by atoms with Gasteiger partial charge >= 0.3 is 0 Å². The van der Waals surface area contributed by atoms with Crippen molar-refractivity contribution in [3.05, 3.63) is 46.3 Å². The molecule has 1 atom stereocenters. The van der Waals surface area contributed by atoms with E-state index in [9.17, 15) is 0 Å². The van der Waals surface area contributed by atoms with E-state index in [1.807, 2.05) is 19.2 Å². The second kappa shape index (κ2) is 6.17. The highest BCUT2D eigenvalue weighted by atomic mass is 32.1. The second-order valence-corrected chi connectivity index (χ2v) is 6.04. The molecule has 0 unspecified atom stereocenters. The van der Waals surface area contributed by atoms with E-state index < -0.39 is 0 Å². The van der Waals surface area contributed by atoms with E-state index in [1.165, 1.54) is 4.88 Å². The standard InChI is InChI=1S/C15H21N3S/c1-11(2)18(10-13-6-5-9-19-13)15-14(12(3)16)7-4-8-17-15/h4-9,11-12H,10,16H2,1-3H3/t12-/m0/s1. The zero-order valence-electron chi connectivity index (χ0n) is 11.7. The SMILES string of the molecule is CC(C)N(Cc1cccs1)c1ncccc1[C@H](C)N. The van der Waals surface area contributed by atoms with E-state index in [0.717, 1.165) is 17.9 Å². The first-order chi connectivity index (χ1) is 9.09. The lowest BCUT2D eigenvalue weighted by molar-refractivity contribution is 0.664. The van der Waals surface area contributed by atoms with Gasteiger partial charge in [0.1, 0.15) is 5.82 Å². The van der Waals surface area contributed by atoms with Gasteiger partial charge in [-0.3, -0.25) is 0 Å². The Bertz CT molecular complexity index is 506. The summed E-state index contributed by atoms with van der Waals surface area (Å²) in [6.07, 6.45) is 1.84. The third-order valence-corrected chi connectivity index (χ3v) is 3.97.